The highest BCUT2D eigenvalue weighted by atomic mass is 19.4. The van der Waals surface area contributed by atoms with E-state index in [1.54, 1.807) is 4.90 Å². The largest absolute Gasteiger partial charge is 0.423 e. The molecule has 1 aromatic carbocycles. The predicted octanol–water partition coefficient (Wildman–Crippen LogP) is 2.82. The van der Waals surface area contributed by atoms with Gasteiger partial charge in [0.2, 0.25) is 0 Å². The molecule has 1 atom stereocenters. The first kappa shape index (κ1) is 15.6. The molecule has 0 spiro atoms. The van der Waals surface area contributed by atoms with Gasteiger partial charge in [-0.1, -0.05) is 0 Å². The van der Waals surface area contributed by atoms with Crippen molar-refractivity contribution in [2.24, 2.45) is 5.92 Å². The van der Waals surface area contributed by atoms with Gasteiger partial charge >= 0.3 is 6.18 Å². The number of aliphatic hydroxyl groups is 1. The summed E-state index contributed by atoms with van der Waals surface area (Å²) in [6.07, 6.45) is -3.36. The molecule has 0 amide bonds. The maximum Gasteiger partial charge on any atom is 0.423 e. The van der Waals surface area contributed by atoms with Crippen LogP contribution in [0, 0.1) is 16.0 Å². The molecule has 0 saturated carbocycles. The Morgan fingerprint density at radius 3 is 2.71 bits per heavy atom. The van der Waals surface area contributed by atoms with Crippen LogP contribution in [0.3, 0.4) is 0 Å². The van der Waals surface area contributed by atoms with Gasteiger partial charge in [0.1, 0.15) is 5.56 Å². The second kappa shape index (κ2) is 5.88. The van der Waals surface area contributed by atoms with Crippen molar-refractivity contribution in [3.63, 3.8) is 0 Å². The maximum absolute atomic E-state index is 12.9. The Morgan fingerprint density at radius 2 is 2.14 bits per heavy atom. The number of aliphatic hydroxyl groups excluding tert-OH is 1. The number of alkyl halides is 3. The van der Waals surface area contributed by atoms with E-state index in [1.807, 2.05) is 0 Å². The number of nitro benzene ring substituents is 1. The van der Waals surface area contributed by atoms with Gasteiger partial charge in [-0.25, -0.2) is 0 Å². The number of nitro groups is 1. The fraction of sp³-hybridized carbons (Fsp3) is 0.538. The van der Waals surface area contributed by atoms with Gasteiger partial charge in [0, 0.05) is 31.5 Å². The van der Waals surface area contributed by atoms with Crippen molar-refractivity contribution in [1.29, 1.82) is 0 Å². The number of rotatable bonds is 4. The minimum Gasteiger partial charge on any atom is -0.396 e. The lowest BCUT2D eigenvalue weighted by Gasteiger charge is -2.20. The van der Waals surface area contributed by atoms with E-state index in [0.717, 1.165) is 18.6 Å². The molecule has 1 saturated heterocycles. The van der Waals surface area contributed by atoms with Crippen LogP contribution in [0.25, 0.3) is 0 Å². The monoisotopic (exact) mass is 304 g/mol. The second-order valence-corrected chi connectivity index (χ2v) is 5.07. The van der Waals surface area contributed by atoms with Crippen molar-refractivity contribution in [3.05, 3.63) is 33.9 Å². The van der Waals surface area contributed by atoms with E-state index in [-0.39, 0.29) is 12.5 Å². The average Bonchev–Trinajstić information content (AvgIpc) is 2.86. The van der Waals surface area contributed by atoms with E-state index in [4.69, 9.17) is 5.11 Å². The summed E-state index contributed by atoms with van der Waals surface area (Å²) in [5.74, 6) is 0.236. The highest BCUT2D eigenvalue weighted by Gasteiger charge is 2.39. The van der Waals surface area contributed by atoms with Gasteiger partial charge in [-0.3, -0.25) is 10.1 Å². The van der Waals surface area contributed by atoms with Crippen molar-refractivity contribution in [2.75, 3.05) is 24.6 Å². The van der Waals surface area contributed by atoms with E-state index >= 15 is 0 Å². The highest BCUT2D eigenvalue weighted by molar-refractivity contribution is 5.57. The molecule has 0 radical (unpaired) electrons. The molecule has 2 rings (SSSR count). The number of nitrogens with zero attached hydrogens (tertiary/aromatic N) is 2. The Kier molecular flexibility index (Phi) is 4.36. The van der Waals surface area contributed by atoms with Crippen LogP contribution in [-0.4, -0.2) is 29.7 Å². The number of hydrogen-bond donors (Lipinski definition) is 1. The molecule has 116 valence electrons. The van der Waals surface area contributed by atoms with E-state index in [9.17, 15) is 23.3 Å². The van der Waals surface area contributed by atoms with Crippen LogP contribution in [0.4, 0.5) is 24.5 Å². The summed E-state index contributed by atoms with van der Waals surface area (Å²) < 4.78 is 38.8. The summed E-state index contributed by atoms with van der Waals surface area (Å²) in [5, 5.41) is 19.6. The third-order valence-corrected chi connectivity index (χ3v) is 3.67. The van der Waals surface area contributed by atoms with Gasteiger partial charge in [-0.05, 0) is 30.9 Å². The summed E-state index contributed by atoms with van der Waals surface area (Å²) in [6, 6.07) is 3.08. The zero-order chi connectivity index (χ0) is 15.6. The van der Waals surface area contributed by atoms with Gasteiger partial charge in [0.15, 0.2) is 0 Å². The first-order valence-electron chi connectivity index (χ1n) is 6.54. The molecule has 0 unspecified atom stereocenters. The molecule has 0 aromatic heterocycles. The fourth-order valence-electron chi connectivity index (χ4n) is 2.59. The molecular weight excluding hydrogens is 289 g/mol. The van der Waals surface area contributed by atoms with Crippen molar-refractivity contribution >= 4 is 11.4 Å². The van der Waals surface area contributed by atoms with Crippen LogP contribution >= 0.6 is 0 Å². The van der Waals surface area contributed by atoms with Gasteiger partial charge in [0.05, 0.1) is 4.92 Å². The molecule has 1 aliphatic rings. The Hall–Kier alpha value is -1.83. The third kappa shape index (κ3) is 3.44. The molecular formula is C13H15F3N2O3. The summed E-state index contributed by atoms with van der Waals surface area (Å²) >= 11 is 0. The molecule has 21 heavy (non-hydrogen) atoms. The molecule has 1 heterocycles. The van der Waals surface area contributed by atoms with Crippen LogP contribution in [0.2, 0.25) is 0 Å². The van der Waals surface area contributed by atoms with Crippen molar-refractivity contribution < 1.29 is 23.2 Å². The number of hydrogen-bond acceptors (Lipinski definition) is 4. The molecule has 1 N–H and O–H groups in total. The Morgan fingerprint density at radius 1 is 1.43 bits per heavy atom. The van der Waals surface area contributed by atoms with Crippen molar-refractivity contribution in [2.45, 2.75) is 19.0 Å². The van der Waals surface area contributed by atoms with Crippen LogP contribution in [0.5, 0.6) is 0 Å². The van der Waals surface area contributed by atoms with E-state index < -0.39 is 22.4 Å². The maximum atomic E-state index is 12.9. The topological polar surface area (TPSA) is 66.6 Å². The minimum absolute atomic E-state index is 0.0482. The molecule has 0 bridgehead atoms. The fourth-order valence-corrected chi connectivity index (χ4v) is 2.59. The Bertz CT molecular complexity index is 534. The SMILES string of the molecule is O=[N+]([O-])c1ccc(N2CC[C@@H](CCO)C2)cc1C(F)(F)F. The van der Waals surface area contributed by atoms with Gasteiger partial charge in [0.25, 0.3) is 5.69 Å². The molecule has 8 heteroatoms. The normalized spacial score (nSPS) is 19.0. The van der Waals surface area contributed by atoms with Crippen LogP contribution in [0.1, 0.15) is 18.4 Å². The molecule has 5 nitrogen and oxygen atoms in total. The highest BCUT2D eigenvalue weighted by Crippen LogP contribution is 2.39. The molecule has 1 aromatic rings. The Balaban J connectivity index is 2.29. The summed E-state index contributed by atoms with van der Waals surface area (Å²) in [5.41, 5.74) is -1.83. The first-order valence-corrected chi connectivity index (χ1v) is 6.54. The average molecular weight is 304 g/mol. The van der Waals surface area contributed by atoms with Crippen LogP contribution in [0.15, 0.2) is 18.2 Å². The van der Waals surface area contributed by atoms with Crippen molar-refractivity contribution in [1.82, 2.24) is 0 Å². The molecule has 0 aliphatic carbocycles. The summed E-state index contributed by atoms with van der Waals surface area (Å²) in [7, 11) is 0. The summed E-state index contributed by atoms with van der Waals surface area (Å²) in [4.78, 5) is 11.4. The first-order chi connectivity index (χ1) is 9.82. The zero-order valence-corrected chi connectivity index (χ0v) is 11.1. The minimum atomic E-state index is -4.76. The van der Waals surface area contributed by atoms with Crippen LogP contribution in [-0.2, 0) is 6.18 Å². The molecule has 1 fully saturated rings. The van der Waals surface area contributed by atoms with Gasteiger partial charge < -0.3 is 10.0 Å². The van der Waals surface area contributed by atoms with Crippen LogP contribution < -0.4 is 4.90 Å². The lowest BCUT2D eigenvalue weighted by Crippen LogP contribution is -2.21. The second-order valence-electron chi connectivity index (χ2n) is 5.07. The van der Waals surface area contributed by atoms with E-state index in [2.05, 4.69) is 0 Å². The number of anilines is 1. The standard InChI is InChI=1S/C13H15F3N2O3/c14-13(15,16)11-7-10(1-2-12(11)18(20)21)17-5-3-9(8-17)4-6-19/h1-2,7,9,19H,3-6,8H2/t9-/m0/s1. The lowest BCUT2D eigenvalue weighted by atomic mass is 10.1. The van der Waals surface area contributed by atoms with E-state index in [0.29, 0.717) is 25.2 Å². The van der Waals surface area contributed by atoms with E-state index in [1.165, 1.54) is 6.07 Å². The van der Waals surface area contributed by atoms with Crippen molar-refractivity contribution in [3.8, 4) is 0 Å². The smallest absolute Gasteiger partial charge is 0.396 e. The summed E-state index contributed by atoms with van der Waals surface area (Å²) in [6.45, 7) is 1.18. The number of benzene rings is 1. The Labute approximate surface area is 119 Å². The zero-order valence-electron chi connectivity index (χ0n) is 11.1. The van der Waals surface area contributed by atoms with Gasteiger partial charge in [-0.15, -0.1) is 0 Å². The lowest BCUT2D eigenvalue weighted by molar-refractivity contribution is -0.388. The molecule has 1 aliphatic heterocycles. The predicted molar refractivity (Wildman–Crippen MR) is 70.1 cm³/mol. The third-order valence-electron chi connectivity index (χ3n) is 3.67. The van der Waals surface area contributed by atoms with Gasteiger partial charge in [-0.2, -0.15) is 13.2 Å². The number of halogens is 3. The quantitative estimate of drug-likeness (QED) is 0.686.